The van der Waals surface area contributed by atoms with Gasteiger partial charge in [0.2, 0.25) is 15.9 Å². The second-order valence-corrected chi connectivity index (χ2v) is 9.21. The Morgan fingerprint density at radius 1 is 0.900 bits per heavy atom. The maximum absolute atomic E-state index is 13.2. The van der Waals surface area contributed by atoms with E-state index in [0.29, 0.717) is 0 Å². The highest BCUT2D eigenvalue weighted by molar-refractivity contribution is 7.89. The van der Waals surface area contributed by atoms with Gasteiger partial charge in [-0.05, 0) is 37.1 Å². The molecular formula is C24H26N2O3S. The zero-order chi connectivity index (χ0) is 21.6. The number of aryl methyl sites for hydroxylation is 1. The van der Waals surface area contributed by atoms with Crippen molar-refractivity contribution in [3.8, 4) is 0 Å². The van der Waals surface area contributed by atoms with Crippen LogP contribution in [-0.4, -0.2) is 25.2 Å². The number of hydrogen-bond donors (Lipinski definition) is 1. The van der Waals surface area contributed by atoms with E-state index in [4.69, 9.17) is 0 Å². The van der Waals surface area contributed by atoms with Gasteiger partial charge in [0.05, 0.1) is 17.5 Å². The topological polar surface area (TPSA) is 66.5 Å². The fraction of sp³-hybridized carbons (Fsp3) is 0.208. The van der Waals surface area contributed by atoms with Gasteiger partial charge < -0.3 is 5.32 Å². The molecule has 0 saturated carbocycles. The summed E-state index contributed by atoms with van der Waals surface area (Å²) in [5.74, 6) is -0.349. The van der Waals surface area contributed by atoms with Crippen molar-refractivity contribution in [3.63, 3.8) is 0 Å². The van der Waals surface area contributed by atoms with E-state index in [0.717, 1.165) is 16.7 Å². The molecule has 1 N–H and O–H groups in total. The van der Waals surface area contributed by atoms with E-state index < -0.39 is 10.0 Å². The first-order valence-electron chi connectivity index (χ1n) is 9.81. The van der Waals surface area contributed by atoms with Crippen LogP contribution in [-0.2, 0) is 21.4 Å². The summed E-state index contributed by atoms with van der Waals surface area (Å²) < 4.78 is 27.7. The summed E-state index contributed by atoms with van der Waals surface area (Å²) in [6, 6.07) is 25.2. The first kappa shape index (κ1) is 21.7. The van der Waals surface area contributed by atoms with Gasteiger partial charge in [0.15, 0.2) is 0 Å². The Morgan fingerprint density at radius 3 is 2.07 bits per heavy atom. The number of nitrogens with one attached hydrogen (secondary N) is 1. The molecular weight excluding hydrogens is 396 g/mol. The van der Waals surface area contributed by atoms with E-state index >= 15 is 0 Å². The predicted molar refractivity (Wildman–Crippen MR) is 118 cm³/mol. The Kier molecular flexibility index (Phi) is 7.03. The molecule has 3 aromatic carbocycles. The van der Waals surface area contributed by atoms with Crippen molar-refractivity contribution in [2.24, 2.45) is 0 Å². The lowest BCUT2D eigenvalue weighted by molar-refractivity contribution is -0.122. The maximum atomic E-state index is 13.2. The molecule has 3 rings (SSSR count). The Morgan fingerprint density at radius 2 is 1.47 bits per heavy atom. The van der Waals surface area contributed by atoms with Gasteiger partial charge in [-0.1, -0.05) is 78.4 Å². The lowest BCUT2D eigenvalue weighted by Crippen LogP contribution is -2.41. The molecule has 5 nitrogen and oxygen atoms in total. The van der Waals surface area contributed by atoms with Crippen LogP contribution in [0, 0.1) is 6.92 Å². The minimum atomic E-state index is -3.83. The summed E-state index contributed by atoms with van der Waals surface area (Å²) in [4.78, 5) is 12.9. The van der Waals surface area contributed by atoms with Crippen LogP contribution < -0.4 is 5.32 Å². The molecule has 1 atom stereocenters. The third-order valence-electron chi connectivity index (χ3n) is 4.86. The van der Waals surface area contributed by atoms with Crippen molar-refractivity contribution in [2.45, 2.75) is 31.3 Å². The van der Waals surface area contributed by atoms with Crippen LogP contribution in [0.5, 0.6) is 0 Å². The van der Waals surface area contributed by atoms with Gasteiger partial charge in [0.1, 0.15) is 0 Å². The fourth-order valence-electron chi connectivity index (χ4n) is 3.14. The average Bonchev–Trinajstić information content (AvgIpc) is 2.76. The highest BCUT2D eigenvalue weighted by Gasteiger charge is 2.27. The molecule has 0 unspecified atom stereocenters. The fourth-order valence-corrected chi connectivity index (χ4v) is 4.54. The third kappa shape index (κ3) is 5.55. The average molecular weight is 423 g/mol. The second kappa shape index (κ2) is 9.69. The SMILES string of the molecule is Cc1ccc(CN(CC(=O)N[C@H](C)c2ccccc2)S(=O)(=O)c2ccccc2)cc1. The lowest BCUT2D eigenvalue weighted by Gasteiger charge is -2.23. The second-order valence-electron chi connectivity index (χ2n) is 7.27. The number of carbonyl (C=O) groups is 1. The van der Waals surface area contributed by atoms with Crippen molar-refractivity contribution in [2.75, 3.05) is 6.54 Å². The van der Waals surface area contributed by atoms with Crippen molar-refractivity contribution in [1.29, 1.82) is 0 Å². The Bertz CT molecular complexity index is 1070. The van der Waals surface area contributed by atoms with Crippen molar-refractivity contribution in [3.05, 3.63) is 102 Å². The van der Waals surface area contributed by atoms with Crippen LogP contribution in [0.3, 0.4) is 0 Å². The van der Waals surface area contributed by atoms with E-state index in [-0.39, 0.29) is 29.9 Å². The molecule has 30 heavy (non-hydrogen) atoms. The van der Waals surface area contributed by atoms with E-state index in [1.54, 1.807) is 30.3 Å². The first-order valence-corrected chi connectivity index (χ1v) is 11.3. The number of sulfonamides is 1. The predicted octanol–water partition coefficient (Wildman–Crippen LogP) is 4.06. The number of benzene rings is 3. The molecule has 0 aliphatic heterocycles. The van der Waals surface area contributed by atoms with E-state index in [1.165, 1.54) is 4.31 Å². The van der Waals surface area contributed by atoms with Crippen LogP contribution in [0.4, 0.5) is 0 Å². The van der Waals surface area contributed by atoms with E-state index in [1.807, 2.05) is 68.4 Å². The van der Waals surface area contributed by atoms with Crippen LogP contribution in [0.25, 0.3) is 0 Å². The van der Waals surface area contributed by atoms with Gasteiger partial charge in [-0.25, -0.2) is 8.42 Å². The molecule has 0 aliphatic rings. The molecule has 1 amide bonds. The van der Waals surface area contributed by atoms with Crippen molar-refractivity contribution in [1.82, 2.24) is 9.62 Å². The van der Waals surface area contributed by atoms with Crippen LogP contribution in [0.2, 0.25) is 0 Å². The van der Waals surface area contributed by atoms with E-state index in [9.17, 15) is 13.2 Å². The standard InChI is InChI=1S/C24H26N2O3S/c1-19-13-15-21(16-14-19)17-26(30(28,29)23-11-7-4-8-12-23)18-24(27)25-20(2)22-9-5-3-6-10-22/h3-16,20H,17-18H2,1-2H3,(H,25,27)/t20-/m1/s1. The molecule has 0 aromatic heterocycles. The summed E-state index contributed by atoms with van der Waals surface area (Å²) in [6.07, 6.45) is 0. The number of rotatable bonds is 8. The Hall–Kier alpha value is -2.96. The molecule has 3 aromatic rings. The largest absolute Gasteiger partial charge is 0.348 e. The van der Waals surface area contributed by atoms with Gasteiger partial charge in [0.25, 0.3) is 0 Å². The number of carbonyl (C=O) groups excluding carboxylic acids is 1. The molecule has 0 spiro atoms. The van der Waals surface area contributed by atoms with Gasteiger partial charge in [0, 0.05) is 6.54 Å². The summed E-state index contributed by atoms with van der Waals surface area (Å²) in [7, 11) is -3.83. The van der Waals surface area contributed by atoms with Gasteiger partial charge in [-0.15, -0.1) is 0 Å². The quantitative estimate of drug-likeness (QED) is 0.595. The molecule has 0 bridgehead atoms. The lowest BCUT2D eigenvalue weighted by atomic mass is 10.1. The first-order chi connectivity index (χ1) is 14.4. The molecule has 0 saturated heterocycles. The molecule has 6 heteroatoms. The minimum absolute atomic E-state index is 0.116. The molecule has 0 radical (unpaired) electrons. The monoisotopic (exact) mass is 422 g/mol. The molecule has 156 valence electrons. The molecule has 0 heterocycles. The Balaban J connectivity index is 1.81. The number of hydrogen-bond acceptors (Lipinski definition) is 3. The smallest absolute Gasteiger partial charge is 0.243 e. The van der Waals surface area contributed by atoms with E-state index in [2.05, 4.69) is 5.32 Å². The summed E-state index contributed by atoms with van der Waals surface area (Å²) >= 11 is 0. The highest BCUT2D eigenvalue weighted by atomic mass is 32.2. The third-order valence-corrected chi connectivity index (χ3v) is 6.66. The van der Waals surface area contributed by atoms with Gasteiger partial charge in [-0.2, -0.15) is 4.31 Å². The summed E-state index contributed by atoms with van der Waals surface area (Å²) in [5.41, 5.74) is 2.87. The summed E-state index contributed by atoms with van der Waals surface area (Å²) in [5, 5.41) is 2.90. The minimum Gasteiger partial charge on any atom is -0.348 e. The van der Waals surface area contributed by atoms with Crippen LogP contribution >= 0.6 is 0 Å². The molecule has 0 aliphatic carbocycles. The Labute approximate surface area is 178 Å². The van der Waals surface area contributed by atoms with Crippen LogP contribution in [0.15, 0.2) is 89.8 Å². The summed E-state index contributed by atoms with van der Waals surface area (Å²) in [6.45, 7) is 3.71. The van der Waals surface area contributed by atoms with Crippen molar-refractivity contribution >= 4 is 15.9 Å². The van der Waals surface area contributed by atoms with Crippen LogP contribution in [0.1, 0.15) is 29.7 Å². The normalized spacial score (nSPS) is 12.5. The van der Waals surface area contributed by atoms with Gasteiger partial charge in [-0.3, -0.25) is 4.79 Å². The zero-order valence-electron chi connectivity index (χ0n) is 17.2. The van der Waals surface area contributed by atoms with Crippen molar-refractivity contribution < 1.29 is 13.2 Å². The molecule has 0 fully saturated rings. The number of nitrogens with zero attached hydrogens (tertiary/aromatic N) is 1. The van der Waals surface area contributed by atoms with Gasteiger partial charge >= 0.3 is 0 Å². The zero-order valence-corrected chi connectivity index (χ0v) is 18.0. The maximum Gasteiger partial charge on any atom is 0.243 e. The number of amides is 1. The highest BCUT2D eigenvalue weighted by Crippen LogP contribution is 2.19.